The quantitative estimate of drug-likeness (QED) is 0.732. The zero-order valence-corrected chi connectivity index (χ0v) is 15.7. The summed E-state index contributed by atoms with van der Waals surface area (Å²) in [6, 6.07) is 11.1. The molecule has 0 unspecified atom stereocenters. The summed E-state index contributed by atoms with van der Waals surface area (Å²) in [4.78, 5) is 12.4. The van der Waals surface area contributed by atoms with Gasteiger partial charge in [-0.2, -0.15) is 0 Å². The van der Waals surface area contributed by atoms with Gasteiger partial charge in [-0.05, 0) is 42.0 Å². The number of benzene rings is 2. The van der Waals surface area contributed by atoms with Gasteiger partial charge in [0.05, 0.1) is 19.1 Å². The van der Waals surface area contributed by atoms with E-state index in [1.54, 1.807) is 39.3 Å². The van der Waals surface area contributed by atoms with Crippen molar-refractivity contribution in [1.29, 1.82) is 0 Å². The minimum Gasteiger partial charge on any atom is -0.497 e. The summed E-state index contributed by atoms with van der Waals surface area (Å²) in [5.74, 6) is 0.956. The fourth-order valence-corrected chi connectivity index (χ4v) is 3.35. The lowest BCUT2D eigenvalue weighted by atomic mass is 10.1. The molecular formula is C18H22N2O5S. The van der Waals surface area contributed by atoms with Gasteiger partial charge in [-0.3, -0.25) is 4.79 Å². The molecule has 0 spiro atoms. The third kappa shape index (κ3) is 4.96. The van der Waals surface area contributed by atoms with Crippen LogP contribution in [0.3, 0.4) is 0 Å². The summed E-state index contributed by atoms with van der Waals surface area (Å²) in [6.07, 6.45) is 0. The number of rotatable bonds is 8. The van der Waals surface area contributed by atoms with E-state index in [2.05, 4.69) is 10.0 Å². The van der Waals surface area contributed by atoms with Gasteiger partial charge in [0, 0.05) is 24.7 Å². The number of amides is 1. The van der Waals surface area contributed by atoms with Crippen LogP contribution in [-0.4, -0.2) is 35.1 Å². The van der Waals surface area contributed by atoms with Crippen molar-refractivity contribution in [3.8, 4) is 11.5 Å². The number of hydrogen-bond donors (Lipinski definition) is 2. The summed E-state index contributed by atoms with van der Waals surface area (Å²) in [5, 5.41) is 2.79. The van der Waals surface area contributed by atoms with E-state index >= 15 is 0 Å². The molecule has 0 heterocycles. The van der Waals surface area contributed by atoms with Gasteiger partial charge in [-0.1, -0.05) is 6.92 Å². The topological polar surface area (TPSA) is 93.7 Å². The Hall–Kier alpha value is -2.58. The Morgan fingerprint density at radius 1 is 1.00 bits per heavy atom. The number of methoxy groups -OCH3 is 2. The van der Waals surface area contributed by atoms with Crippen LogP contribution in [0.2, 0.25) is 0 Å². The van der Waals surface area contributed by atoms with Crippen molar-refractivity contribution < 1.29 is 22.7 Å². The lowest BCUT2D eigenvalue weighted by Crippen LogP contribution is -2.24. The van der Waals surface area contributed by atoms with Crippen LogP contribution in [0.4, 0.5) is 0 Å². The Morgan fingerprint density at radius 2 is 1.58 bits per heavy atom. The molecule has 0 bridgehead atoms. The van der Waals surface area contributed by atoms with Crippen LogP contribution in [0.25, 0.3) is 0 Å². The summed E-state index contributed by atoms with van der Waals surface area (Å²) < 4.78 is 36.6. The first-order chi connectivity index (χ1) is 12.4. The predicted octanol–water partition coefficient (Wildman–Crippen LogP) is 1.93. The summed E-state index contributed by atoms with van der Waals surface area (Å²) >= 11 is 0. The number of nitrogens with one attached hydrogen (secondary N) is 2. The van der Waals surface area contributed by atoms with Crippen LogP contribution in [0.5, 0.6) is 11.5 Å². The summed E-state index contributed by atoms with van der Waals surface area (Å²) in [7, 11) is -0.422. The van der Waals surface area contributed by atoms with Crippen LogP contribution < -0.4 is 19.5 Å². The highest BCUT2D eigenvalue weighted by Crippen LogP contribution is 2.22. The molecule has 2 aromatic rings. The minimum atomic E-state index is -3.53. The zero-order chi connectivity index (χ0) is 19.2. The SMILES string of the molecule is CCNS(=O)(=O)c1ccc(C(=O)NCc2cc(OC)cc(OC)c2)cc1. The van der Waals surface area contributed by atoms with Gasteiger partial charge in [0.15, 0.2) is 0 Å². The fourth-order valence-electron chi connectivity index (χ4n) is 2.31. The van der Waals surface area contributed by atoms with Crippen LogP contribution in [-0.2, 0) is 16.6 Å². The van der Waals surface area contributed by atoms with E-state index in [1.165, 1.54) is 24.3 Å². The Morgan fingerprint density at radius 3 is 2.08 bits per heavy atom. The van der Waals surface area contributed by atoms with Gasteiger partial charge in [0.25, 0.3) is 5.91 Å². The van der Waals surface area contributed by atoms with Gasteiger partial charge >= 0.3 is 0 Å². The molecule has 0 saturated heterocycles. The van der Waals surface area contributed by atoms with E-state index in [0.29, 0.717) is 23.6 Å². The second kappa shape index (κ2) is 8.68. The van der Waals surface area contributed by atoms with E-state index in [-0.39, 0.29) is 17.3 Å². The van der Waals surface area contributed by atoms with Crippen molar-refractivity contribution in [3.05, 3.63) is 53.6 Å². The first-order valence-electron chi connectivity index (χ1n) is 7.99. The Kier molecular flexibility index (Phi) is 6.59. The lowest BCUT2D eigenvalue weighted by molar-refractivity contribution is 0.0950. The summed E-state index contributed by atoms with van der Waals surface area (Å²) in [6.45, 7) is 2.28. The second-order valence-corrected chi connectivity index (χ2v) is 7.20. The molecule has 0 atom stereocenters. The molecule has 1 amide bonds. The fraction of sp³-hybridized carbons (Fsp3) is 0.278. The van der Waals surface area contributed by atoms with Crippen molar-refractivity contribution in [1.82, 2.24) is 10.0 Å². The van der Waals surface area contributed by atoms with Crippen molar-refractivity contribution in [2.45, 2.75) is 18.4 Å². The lowest BCUT2D eigenvalue weighted by Gasteiger charge is -2.10. The number of sulfonamides is 1. The Balaban J connectivity index is 2.07. The van der Waals surface area contributed by atoms with Crippen molar-refractivity contribution in [2.24, 2.45) is 0 Å². The smallest absolute Gasteiger partial charge is 0.251 e. The predicted molar refractivity (Wildman–Crippen MR) is 98.0 cm³/mol. The van der Waals surface area contributed by atoms with Crippen LogP contribution in [0.15, 0.2) is 47.4 Å². The van der Waals surface area contributed by atoms with Crippen molar-refractivity contribution in [3.63, 3.8) is 0 Å². The van der Waals surface area contributed by atoms with E-state index in [4.69, 9.17) is 9.47 Å². The number of carbonyl (C=O) groups excluding carboxylic acids is 1. The van der Waals surface area contributed by atoms with Gasteiger partial charge in [-0.25, -0.2) is 13.1 Å². The third-order valence-electron chi connectivity index (χ3n) is 3.63. The highest BCUT2D eigenvalue weighted by molar-refractivity contribution is 7.89. The van der Waals surface area contributed by atoms with Gasteiger partial charge < -0.3 is 14.8 Å². The normalized spacial score (nSPS) is 11.0. The maximum absolute atomic E-state index is 12.3. The molecule has 0 radical (unpaired) electrons. The molecular weight excluding hydrogens is 356 g/mol. The first-order valence-corrected chi connectivity index (χ1v) is 9.47. The molecule has 0 aliphatic rings. The largest absolute Gasteiger partial charge is 0.497 e. The molecule has 0 aromatic heterocycles. The average Bonchev–Trinajstić information content (AvgIpc) is 2.65. The molecule has 140 valence electrons. The van der Waals surface area contributed by atoms with E-state index in [1.807, 2.05) is 0 Å². The van der Waals surface area contributed by atoms with Crippen LogP contribution >= 0.6 is 0 Å². The number of hydrogen-bond acceptors (Lipinski definition) is 5. The minimum absolute atomic E-state index is 0.119. The molecule has 0 aliphatic carbocycles. The molecule has 2 rings (SSSR count). The van der Waals surface area contributed by atoms with Crippen molar-refractivity contribution >= 4 is 15.9 Å². The molecule has 2 N–H and O–H groups in total. The van der Waals surface area contributed by atoms with Gasteiger partial charge in [0.1, 0.15) is 11.5 Å². The number of ether oxygens (including phenoxy) is 2. The first kappa shape index (κ1) is 19.7. The van der Waals surface area contributed by atoms with E-state index < -0.39 is 10.0 Å². The maximum atomic E-state index is 12.3. The molecule has 7 nitrogen and oxygen atoms in total. The van der Waals surface area contributed by atoms with Crippen LogP contribution in [0.1, 0.15) is 22.8 Å². The maximum Gasteiger partial charge on any atom is 0.251 e. The molecule has 0 saturated carbocycles. The Bertz CT molecular complexity index is 841. The number of carbonyl (C=O) groups is 1. The molecule has 0 fully saturated rings. The molecule has 0 aliphatic heterocycles. The highest BCUT2D eigenvalue weighted by atomic mass is 32.2. The van der Waals surface area contributed by atoms with Crippen LogP contribution in [0, 0.1) is 0 Å². The van der Waals surface area contributed by atoms with Gasteiger partial charge in [-0.15, -0.1) is 0 Å². The standard InChI is InChI=1S/C18H22N2O5S/c1-4-20-26(22,23)17-7-5-14(6-8-17)18(21)19-12-13-9-15(24-2)11-16(10-13)25-3/h5-11,20H,4,12H2,1-3H3,(H,19,21). The Labute approximate surface area is 153 Å². The van der Waals surface area contributed by atoms with E-state index in [9.17, 15) is 13.2 Å². The molecule has 2 aromatic carbocycles. The zero-order valence-electron chi connectivity index (χ0n) is 14.9. The molecule has 26 heavy (non-hydrogen) atoms. The van der Waals surface area contributed by atoms with Gasteiger partial charge in [0.2, 0.25) is 10.0 Å². The van der Waals surface area contributed by atoms with Crippen molar-refractivity contribution in [2.75, 3.05) is 20.8 Å². The third-order valence-corrected chi connectivity index (χ3v) is 5.19. The summed E-state index contributed by atoms with van der Waals surface area (Å²) in [5.41, 5.74) is 1.19. The second-order valence-electron chi connectivity index (χ2n) is 5.43. The molecule has 8 heteroatoms. The van der Waals surface area contributed by atoms with E-state index in [0.717, 1.165) is 5.56 Å². The monoisotopic (exact) mass is 378 g/mol. The highest BCUT2D eigenvalue weighted by Gasteiger charge is 2.13. The average molecular weight is 378 g/mol.